The van der Waals surface area contributed by atoms with Gasteiger partial charge in [-0.15, -0.1) is 0 Å². The number of ether oxygens (including phenoxy) is 3. The lowest BCUT2D eigenvalue weighted by atomic mass is 10.0. The quantitative estimate of drug-likeness (QED) is 0.618. The lowest BCUT2D eigenvalue weighted by Crippen LogP contribution is -2.46. The van der Waals surface area contributed by atoms with Crippen molar-refractivity contribution in [3.05, 3.63) is 53.7 Å². The fourth-order valence-electron chi connectivity index (χ4n) is 4.00. The summed E-state index contributed by atoms with van der Waals surface area (Å²) in [5, 5.41) is 4.03. The van der Waals surface area contributed by atoms with Gasteiger partial charge in [-0.05, 0) is 49.2 Å². The van der Waals surface area contributed by atoms with E-state index in [1.54, 1.807) is 44.4 Å². The summed E-state index contributed by atoms with van der Waals surface area (Å²) in [4.78, 5) is 30.6. The highest BCUT2D eigenvalue weighted by Crippen LogP contribution is 2.28. The second kappa shape index (κ2) is 9.21. The molecule has 2 amide bonds. The van der Waals surface area contributed by atoms with E-state index in [-0.39, 0.29) is 17.9 Å². The lowest BCUT2D eigenvalue weighted by molar-refractivity contribution is 0.0697. The number of piperidine rings is 1. The van der Waals surface area contributed by atoms with Gasteiger partial charge < -0.3 is 29.4 Å². The number of hydrogen-bond acceptors (Lipinski definition) is 5. The zero-order valence-electron chi connectivity index (χ0n) is 18.4. The Morgan fingerprint density at radius 1 is 0.938 bits per heavy atom. The number of benzene rings is 2. The molecule has 0 bridgehead atoms. The smallest absolute Gasteiger partial charge is 0.267 e. The SMILES string of the molecule is COc1ccc2cc(C(=O)NC3CCN(C(=O)c4ccc(OC)c(OC)c4)CC3)[nH]c2c1. The Bertz CT molecular complexity index is 1130. The molecule has 2 aromatic carbocycles. The number of hydrogen-bond donors (Lipinski definition) is 2. The van der Waals surface area contributed by atoms with Gasteiger partial charge in [0.25, 0.3) is 11.8 Å². The minimum absolute atomic E-state index is 0.0119. The first-order valence-electron chi connectivity index (χ1n) is 10.5. The van der Waals surface area contributed by atoms with Gasteiger partial charge in [0.2, 0.25) is 0 Å². The highest BCUT2D eigenvalue weighted by atomic mass is 16.5. The van der Waals surface area contributed by atoms with E-state index in [0.29, 0.717) is 48.7 Å². The zero-order chi connectivity index (χ0) is 22.7. The molecule has 1 aromatic heterocycles. The number of carbonyl (C=O) groups excluding carboxylic acids is 2. The minimum atomic E-state index is -0.148. The number of nitrogens with zero attached hydrogens (tertiary/aromatic N) is 1. The summed E-state index contributed by atoms with van der Waals surface area (Å²) in [7, 11) is 4.72. The van der Waals surface area contributed by atoms with Crippen LogP contribution in [-0.2, 0) is 0 Å². The molecule has 2 N–H and O–H groups in total. The summed E-state index contributed by atoms with van der Waals surface area (Å²) in [5.74, 6) is 1.64. The van der Waals surface area contributed by atoms with E-state index in [4.69, 9.17) is 14.2 Å². The fraction of sp³-hybridized carbons (Fsp3) is 0.333. The van der Waals surface area contributed by atoms with Crippen molar-refractivity contribution in [2.45, 2.75) is 18.9 Å². The highest BCUT2D eigenvalue weighted by Gasteiger charge is 2.26. The van der Waals surface area contributed by atoms with Gasteiger partial charge >= 0.3 is 0 Å². The molecule has 8 heteroatoms. The van der Waals surface area contributed by atoms with E-state index in [2.05, 4.69) is 10.3 Å². The maximum Gasteiger partial charge on any atom is 0.267 e. The fourth-order valence-corrected chi connectivity index (χ4v) is 4.00. The van der Waals surface area contributed by atoms with Gasteiger partial charge in [-0.2, -0.15) is 0 Å². The third-order valence-electron chi connectivity index (χ3n) is 5.82. The minimum Gasteiger partial charge on any atom is -0.497 e. The molecule has 3 aromatic rings. The molecule has 8 nitrogen and oxygen atoms in total. The number of likely N-dealkylation sites (tertiary alicyclic amines) is 1. The van der Waals surface area contributed by atoms with E-state index >= 15 is 0 Å². The Balaban J connectivity index is 1.35. The van der Waals surface area contributed by atoms with E-state index in [1.807, 2.05) is 24.3 Å². The average molecular weight is 437 g/mol. The number of methoxy groups -OCH3 is 3. The van der Waals surface area contributed by atoms with Gasteiger partial charge in [0.05, 0.1) is 21.3 Å². The van der Waals surface area contributed by atoms with E-state index in [1.165, 1.54) is 0 Å². The van der Waals surface area contributed by atoms with Crippen molar-refractivity contribution >= 4 is 22.7 Å². The summed E-state index contributed by atoms with van der Waals surface area (Å²) in [6.07, 6.45) is 1.39. The first-order chi connectivity index (χ1) is 15.5. The van der Waals surface area contributed by atoms with Gasteiger partial charge in [0.15, 0.2) is 11.5 Å². The number of nitrogens with one attached hydrogen (secondary N) is 2. The number of aromatic nitrogens is 1. The van der Waals surface area contributed by atoms with Crippen molar-refractivity contribution in [2.24, 2.45) is 0 Å². The predicted molar refractivity (Wildman–Crippen MR) is 121 cm³/mol. The Labute approximate surface area is 186 Å². The first kappa shape index (κ1) is 21.5. The number of aromatic amines is 1. The Morgan fingerprint density at radius 3 is 2.38 bits per heavy atom. The van der Waals surface area contributed by atoms with E-state index in [0.717, 1.165) is 16.7 Å². The maximum atomic E-state index is 12.9. The number of fused-ring (bicyclic) bond motifs is 1. The molecule has 0 spiro atoms. The van der Waals surface area contributed by atoms with Crippen LogP contribution >= 0.6 is 0 Å². The molecule has 2 heterocycles. The van der Waals surface area contributed by atoms with Crippen LogP contribution in [0.1, 0.15) is 33.7 Å². The molecule has 1 aliphatic heterocycles. The third-order valence-corrected chi connectivity index (χ3v) is 5.82. The second-order valence-corrected chi connectivity index (χ2v) is 7.75. The Hall–Kier alpha value is -3.68. The van der Waals surface area contributed by atoms with Crippen LogP contribution in [0.25, 0.3) is 10.9 Å². The summed E-state index contributed by atoms with van der Waals surface area (Å²) in [6.45, 7) is 1.14. The molecule has 0 saturated carbocycles. The standard InChI is InChI=1S/C24H27N3O5/c1-30-18-6-4-15-12-20(26-19(15)14-18)23(28)25-17-8-10-27(11-9-17)24(29)16-5-7-21(31-2)22(13-16)32-3/h4-7,12-14,17,26H,8-11H2,1-3H3,(H,25,28). The van der Waals surface area contributed by atoms with Crippen molar-refractivity contribution in [2.75, 3.05) is 34.4 Å². The number of amides is 2. The average Bonchev–Trinajstić information content (AvgIpc) is 3.27. The van der Waals surface area contributed by atoms with Crippen LogP contribution in [0.15, 0.2) is 42.5 Å². The summed E-state index contributed by atoms with van der Waals surface area (Å²) in [5.41, 5.74) is 1.92. The Morgan fingerprint density at radius 2 is 1.69 bits per heavy atom. The van der Waals surface area contributed by atoms with Crippen molar-refractivity contribution in [3.63, 3.8) is 0 Å². The first-order valence-corrected chi connectivity index (χ1v) is 10.5. The van der Waals surface area contributed by atoms with Crippen molar-refractivity contribution < 1.29 is 23.8 Å². The van der Waals surface area contributed by atoms with Crippen molar-refractivity contribution in [1.82, 2.24) is 15.2 Å². The topological polar surface area (TPSA) is 92.9 Å². The number of rotatable bonds is 6. The van der Waals surface area contributed by atoms with Crippen molar-refractivity contribution in [3.8, 4) is 17.2 Å². The normalized spacial score (nSPS) is 14.3. The zero-order valence-corrected chi connectivity index (χ0v) is 18.4. The molecule has 0 atom stereocenters. The van der Waals surface area contributed by atoms with Crippen LogP contribution in [0.2, 0.25) is 0 Å². The molecule has 32 heavy (non-hydrogen) atoms. The predicted octanol–water partition coefficient (Wildman–Crippen LogP) is 3.23. The number of H-pyrrole nitrogens is 1. The molecular formula is C24H27N3O5. The molecule has 1 fully saturated rings. The van der Waals surface area contributed by atoms with Crippen LogP contribution in [0.4, 0.5) is 0 Å². The van der Waals surface area contributed by atoms with Crippen LogP contribution < -0.4 is 19.5 Å². The molecule has 0 aliphatic carbocycles. The van der Waals surface area contributed by atoms with Gasteiger partial charge in [0.1, 0.15) is 11.4 Å². The number of carbonyl (C=O) groups is 2. The summed E-state index contributed by atoms with van der Waals surface area (Å²) < 4.78 is 15.8. The van der Waals surface area contributed by atoms with Gasteiger partial charge in [0, 0.05) is 41.7 Å². The molecule has 1 saturated heterocycles. The molecular weight excluding hydrogens is 410 g/mol. The molecule has 0 radical (unpaired) electrons. The molecule has 1 aliphatic rings. The van der Waals surface area contributed by atoms with Crippen molar-refractivity contribution in [1.29, 1.82) is 0 Å². The van der Waals surface area contributed by atoms with Gasteiger partial charge in [-0.3, -0.25) is 9.59 Å². The Kier molecular flexibility index (Phi) is 6.20. The highest BCUT2D eigenvalue weighted by molar-refractivity contribution is 5.98. The third kappa shape index (κ3) is 4.34. The van der Waals surface area contributed by atoms with Gasteiger partial charge in [-0.1, -0.05) is 0 Å². The van der Waals surface area contributed by atoms with E-state index in [9.17, 15) is 9.59 Å². The van der Waals surface area contributed by atoms with Crippen LogP contribution in [-0.4, -0.2) is 62.2 Å². The maximum absolute atomic E-state index is 12.9. The lowest BCUT2D eigenvalue weighted by Gasteiger charge is -2.32. The van der Waals surface area contributed by atoms with Gasteiger partial charge in [-0.25, -0.2) is 0 Å². The summed E-state index contributed by atoms with van der Waals surface area (Å²) in [6, 6.07) is 12.7. The summed E-state index contributed by atoms with van der Waals surface area (Å²) >= 11 is 0. The molecule has 0 unspecified atom stereocenters. The monoisotopic (exact) mass is 437 g/mol. The second-order valence-electron chi connectivity index (χ2n) is 7.75. The van der Waals surface area contributed by atoms with Crippen LogP contribution in [0.5, 0.6) is 17.2 Å². The molecule has 4 rings (SSSR count). The van der Waals surface area contributed by atoms with Crippen LogP contribution in [0.3, 0.4) is 0 Å². The van der Waals surface area contributed by atoms with Crippen LogP contribution in [0, 0.1) is 0 Å². The largest absolute Gasteiger partial charge is 0.497 e. The molecule has 168 valence electrons. The van der Waals surface area contributed by atoms with E-state index < -0.39 is 0 Å².